The van der Waals surface area contributed by atoms with Gasteiger partial charge in [0, 0.05) is 20.7 Å². The van der Waals surface area contributed by atoms with Crippen LogP contribution in [0, 0.1) is 5.41 Å². The van der Waals surface area contributed by atoms with Crippen LogP contribution in [0.5, 0.6) is 0 Å². The molecule has 1 amide bonds. The summed E-state index contributed by atoms with van der Waals surface area (Å²) in [5.74, 6) is -0.0161. The molecule has 2 nitrogen and oxygen atoms in total. The highest BCUT2D eigenvalue weighted by atomic mass is 127. The van der Waals surface area contributed by atoms with Gasteiger partial charge in [-0.25, -0.2) is 0 Å². The summed E-state index contributed by atoms with van der Waals surface area (Å²) < 4.78 is 0. The van der Waals surface area contributed by atoms with E-state index in [0.717, 1.165) is 10.3 Å². The van der Waals surface area contributed by atoms with Gasteiger partial charge in [0.1, 0.15) is 15.9 Å². The minimum atomic E-state index is -2.45. The maximum absolute atomic E-state index is 13.5. The summed E-state index contributed by atoms with van der Waals surface area (Å²) in [6.07, 6.45) is 0. The maximum atomic E-state index is 13.5. The second-order valence-electron chi connectivity index (χ2n) is 9.46. The van der Waals surface area contributed by atoms with Crippen molar-refractivity contribution in [3.8, 4) is 0 Å². The lowest BCUT2D eigenvalue weighted by molar-refractivity contribution is -0.127. The molecule has 4 rings (SSSR count). The third kappa shape index (κ3) is 6.86. The van der Waals surface area contributed by atoms with E-state index in [1.165, 1.54) is 15.9 Å². The third-order valence-electron chi connectivity index (χ3n) is 5.83. The van der Waals surface area contributed by atoms with E-state index in [4.69, 9.17) is 11.6 Å². The van der Waals surface area contributed by atoms with Gasteiger partial charge in [-0.2, -0.15) is 0 Å². The Morgan fingerprint density at radius 1 is 0.730 bits per heavy atom. The molecule has 0 aliphatic carbocycles. The molecule has 0 aromatic heterocycles. The lowest BCUT2D eigenvalue weighted by Crippen LogP contribution is -3.00. The van der Waals surface area contributed by atoms with E-state index in [2.05, 4.69) is 83.5 Å². The number of halogens is 2. The van der Waals surface area contributed by atoms with Crippen LogP contribution in [0.4, 0.5) is 0 Å². The van der Waals surface area contributed by atoms with Crippen molar-refractivity contribution in [2.75, 3.05) is 0 Å². The van der Waals surface area contributed by atoms with Gasteiger partial charge in [-0.1, -0.05) is 98.7 Å². The van der Waals surface area contributed by atoms with E-state index in [1.807, 2.05) is 63.2 Å². The first kappa shape index (κ1) is 29.4. The Morgan fingerprint density at radius 2 is 1.14 bits per heavy atom. The highest BCUT2D eigenvalue weighted by molar-refractivity contribution is 8.04. The summed E-state index contributed by atoms with van der Waals surface area (Å²) in [7, 11) is -2.45. The van der Waals surface area contributed by atoms with Gasteiger partial charge in [0.15, 0.2) is 12.7 Å². The van der Waals surface area contributed by atoms with Crippen molar-refractivity contribution in [1.29, 1.82) is 0 Å². The van der Waals surface area contributed by atoms with E-state index >= 15 is 0 Å². The van der Waals surface area contributed by atoms with E-state index < -0.39 is 12.7 Å². The zero-order chi connectivity index (χ0) is 25.6. The Bertz CT molecular complexity index is 1230. The fourth-order valence-electron chi connectivity index (χ4n) is 3.95. The van der Waals surface area contributed by atoms with Gasteiger partial charge >= 0.3 is 0 Å². The van der Waals surface area contributed by atoms with Crippen molar-refractivity contribution in [3.63, 3.8) is 0 Å². The predicted molar refractivity (Wildman–Crippen MR) is 158 cm³/mol. The number of nitrogens with one attached hydrogen (secondary N) is 1. The Kier molecular flexibility index (Phi) is 10.4. The topological polar surface area (TPSA) is 29.1 Å². The molecule has 0 heterocycles. The number of rotatable bonds is 7. The van der Waals surface area contributed by atoms with Crippen LogP contribution in [0.1, 0.15) is 20.8 Å². The second kappa shape index (κ2) is 13.1. The van der Waals surface area contributed by atoms with Crippen LogP contribution in [0.2, 0.25) is 5.02 Å². The van der Waals surface area contributed by atoms with E-state index in [1.54, 1.807) is 11.8 Å². The number of hydrogen-bond acceptors (Lipinski definition) is 2. The third-order valence-corrected chi connectivity index (χ3v) is 11.3. The summed E-state index contributed by atoms with van der Waals surface area (Å²) in [6.45, 7) is 5.83. The van der Waals surface area contributed by atoms with Crippen LogP contribution in [0.25, 0.3) is 0 Å². The molecular formula is C31H30ClINOPS. The molecule has 0 aliphatic heterocycles. The fraction of sp³-hybridized carbons (Fsp3) is 0.129. The molecule has 1 N–H and O–H groups in total. The quantitative estimate of drug-likeness (QED) is 0.182. The first-order valence-electron chi connectivity index (χ1n) is 11.8. The lowest BCUT2D eigenvalue weighted by atomic mass is 9.96. The number of benzene rings is 4. The number of carbonyl (C=O) groups excluding carboxylic acids is 1. The van der Waals surface area contributed by atoms with Crippen molar-refractivity contribution < 1.29 is 28.8 Å². The monoisotopic (exact) mass is 657 g/mol. The van der Waals surface area contributed by atoms with Gasteiger partial charge in [-0.15, -0.1) is 0 Å². The van der Waals surface area contributed by atoms with Crippen LogP contribution in [-0.2, 0) is 4.79 Å². The minimum absolute atomic E-state index is 0. The van der Waals surface area contributed by atoms with Crippen molar-refractivity contribution in [2.45, 2.75) is 25.7 Å². The Labute approximate surface area is 247 Å². The summed E-state index contributed by atoms with van der Waals surface area (Å²) >= 11 is 7.72. The van der Waals surface area contributed by atoms with Gasteiger partial charge in [0.2, 0.25) is 5.91 Å². The molecule has 190 valence electrons. The predicted octanol–water partition coefficient (Wildman–Crippen LogP) is 4.39. The Morgan fingerprint density at radius 3 is 1.51 bits per heavy atom. The molecule has 0 saturated heterocycles. The number of thioether (sulfide) groups is 1. The van der Waals surface area contributed by atoms with Crippen LogP contribution < -0.4 is 45.2 Å². The molecule has 0 bridgehead atoms. The normalized spacial score (nSPS) is 11.9. The lowest BCUT2D eigenvalue weighted by Gasteiger charge is -2.31. The molecule has 0 fully saturated rings. The van der Waals surface area contributed by atoms with Gasteiger partial charge in [-0.3, -0.25) is 10.1 Å². The average Bonchev–Trinajstić information content (AvgIpc) is 2.90. The molecule has 0 aliphatic rings. The van der Waals surface area contributed by atoms with Crippen molar-refractivity contribution >= 4 is 52.4 Å². The number of carbonyl (C=O) groups is 1. The largest absolute Gasteiger partial charge is 1.00 e. The smallest absolute Gasteiger partial charge is 0.232 e. The van der Waals surface area contributed by atoms with Crippen LogP contribution in [0.15, 0.2) is 131 Å². The second-order valence-corrected chi connectivity index (χ2v) is 14.2. The van der Waals surface area contributed by atoms with Crippen molar-refractivity contribution in [3.05, 3.63) is 131 Å². The average molecular weight is 658 g/mol. The van der Waals surface area contributed by atoms with Crippen LogP contribution in [0.3, 0.4) is 0 Å². The summed E-state index contributed by atoms with van der Waals surface area (Å²) in [6, 6.07) is 39.4. The minimum Gasteiger partial charge on any atom is -1.00 e. The van der Waals surface area contributed by atoms with Gasteiger partial charge in [-0.05, 0) is 60.7 Å². The first-order valence-corrected chi connectivity index (χ1v) is 14.9. The molecule has 0 saturated carbocycles. The SMILES string of the molecule is CC(C)(C)C(=O)NC(=CSc1ccc(Cl)cc1)[P+](c1ccccc1)(c1ccccc1)c1ccccc1.[I-]. The standard InChI is InChI=1S/C31H29ClNOPS.HI/c1-31(2,3)30(34)33-29(23-36-28-21-19-24(32)20-22-28)35(25-13-7-4-8-14-25,26-15-9-5-10-16-26)27-17-11-6-12-18-27;/h4-23H,1-3H3;1H. The van der Waals surface area contributed by atoms with E-state index in [-0.39, 0.29) is 29.9 Å². The van der Waals surface area contributed by atoms with Gasteiger partial charge in [0.25, 0.3) is 0 Å². The first-order chi connectivity index (χ1) is 17.3. The maximum Gasteiger partial charge on any atom is 0.232 e. The molecular weight excluding hydrogens is 628 g/mol. The zero-order valence-corrected chi connectivity index (χ0v) is 25.7. The summed E-state index contributed by atoms with van der Waals surface area (Å²) in [5.41, 5.74) is 0.356. The molecule has 4 aromatic carbocycles. The molecule has 0 spiro atoms. The van der Waals surface area contributed by atoms with Gasteiger partial charge < -0.3 is 24.0 Å². The molecule has 4 aromatic rings. The Hall–Kier alpha value is -2.11. The molecule has 6 heteroatoms. The molecule has 0 atom stereocenters. The fourth-order valence-corrected chi connectivity index (χ4v) is 9.33. The molecule has 0 radical (unpaired) electrons. The molecule has 37 heavy (non-hydrogen) atoms. The number of hydrogen-bond donors (Lipinski definition) is 1. The molecule has 0 unspecified atom stereocenters. The highest BCUT2D eigenvalue weighted by Gasteiger charge is 2.51. The van der Waals surface area contributed by atoms with Gasteiger partial charge in [0.05, 0.1) is 0 Å². The Balaban J connectivity index is 0.00000380. The summed E-state index contributed by atoms with van der Waals surface area (Å²) in [4.78, 5) is 14.6. The van der Waals surface area contributed by atoms with E-state index in [9.17, 15) is 4.79 Å². The highest BCUT2D eigenvalue weighted by Crippen LogP contribution is 2.62. The van der Waals surface area contributed by atoms with E-state index in [0.29, 0.717) is 5.02 Å². The van der Waals surface area contributed by atoms with Crippen molar-refractivity contribution in [2.24, 2.45) is 5.41 Å². The van der Waals surface area contributed by atoms with Crippen LogP contribution >= 0.6 is 30.6 Å². The zero-order valence-electron chi connectivity index (χ0n) is 21.1. The number of amides is 1. The summed E-state index contributed by atoms with van der Waals surface area (Å²) in [5, 5.41) is 9.76. The van der Waals surface area contributed by atoms with Crippen LogP contribution in [-0.4, -0.2) is 5.91 Å². The van der Waals surface area contributed by atoms with Crippen molar-refractivity contribution in [1.82, 2.24) is 5.32 Å².